The lowest BCUT2D eigenvalue weighted by Crippen LogP contribution is -2.28. The van der Waals surface area contributed by atoms with Crippen LogP contribution in [0.4, 0.5) is 5.69 Å². The van der Waals surface area contributed by atoms with Crippen LogP contribution in [0.3, 0.4) is 0 Å². The van der Waals surface area contributed by atoms with Gasteiger partial charge in [-0.25, -0.2) is 12.7 Å². The predicted octanol–water partition coefficient (Wildman–Crippen LogP) is 3.55. The fourth-order valence-electron chi connectivity index (χ4n) is 2.79. The van der Waals surface area contributed by atoms with E-state index in [9.17, 15) is 18.0 Å². The molecule has 1 N–H and O–H groups in total. The number of anilines is 1. The molecule has 0 spiro atoms. The summed E-state index contributed by atoms with van der Waals surface area (Å²) < 4.78 is 26.4. The number of Topliss-reactive ketones (excluding diaryl/α,β-unsaturated/α-hetero) is 1. The molecule has 2 aromatic rings. The minimum absolute atomic E-state index is 0.118. The molecule has 0 atom stereocenters. The van der Waals surface area contributed by atoms with Gasteiger partial charge in [0.1, 0.15) is 0 Å². The lowest BCUT2D eigenvalue weighted by molar-refractivity contribution is -0.116. The van der Waals surface area contributed by atoms with Gasteiger partial charge in [0.15, 0.2) is 5.78 Å². The number of carbonyl (C=O) groups excluding carboxylic acids is 2. The van der Waals surface area contributed by atoms with E-state index >= 15 is 0 Å². The van der Waals surface area contributed by atoms with E-state index in [0.29, 0.717) is 12.0 Å². The SMILES string of the molecule is CC(=O)c1ccc(S(=O)(=O)N(C)CCCC(=O)Nc2ccc(C)cc2C)cc1. The highest BCUT2D eigenvalue weighted by Crippen LogP contribution is 2.18. The summed E-state index contributed by atoms with van der Waals surface area (Å²) in [5, 5.41) is 2.86. The second-order valence-electron chi connectivity index (χ2n) is 6.88. The third-order valence-corrected chi connectivity index (χ3v) is 6.37. The fourth-order valence-corrected chi connectivity index (χ4v) is 4.00. The summed E-state index contributed by atoms with van der Waals surface area (Å²) >= 11 is 0. The Labute approximate surface area is 166 Å². The molecule has 0 fully saturated rings. The number of carbonyl (C=O) groups is 2. The molecule has 1 amide bonds. The normalized spacial score (nSPS) is 11.5. The lowest BCUT2D eigenvalue weighted by atomic mass is 10.1. The number of aryl methyl sites for hydroxylation is 2. The second-order valence-corrected chi connectivity index (χ2v) is 8.92. The molecule has 6 nitrogen and oxygen atoms in total. The number of nitrogens with one attached hydrogen (secondary N) is 1. The van der Waals surface area contributed by atoms with Crippen LogP contribution in [0.1, 0.15) is 41.3 Å². The number of hydrogen-bond donors (Lipinski definition) is 1. The topological polar surface area (TPSA) is 83.6 Å². The van der Waals surface area contributed by atoms with E-state index in [2.05, 4.69) is 5.32 Å². The van der Waals surface area contributed by atoms with Crippen LogP contribution in [0.25, 0.3) is 0 Å². The van der Waals surface area contributed by atoms with Crippen molar-refractivity contribution in [1.29, 1.82) is 0 Å². The van der Waals surface area contributed by atoms with Crippen LogP contribution in [-0.4, -0.2) is 38.0 Å². The van der Waals surface area contributed by atoms with Crippen LogP contribution in [0.5, 0.6) is 0 Å². The van der Waals surface area contributed by atoms with Crippen LogP contribution in [0.2, 0.25) is 0 Å². The molecule has 2 aromatic carbocycles. The van der Waals surface area contributed by atoms with Crippen LogP contribution in [0.15, 0.2) is 47.4 Å². The Morgan fingerprint density at radius 1 is 1.04 bits per heavy atom. The molecular formula is C21H26N2O4S. The smallest absolute Gasteiger partial charge is 0.242 e. The van der Waals surface area contributed by atoms with E-state index in [1.807, 2.05) is 32.0 Å². The third-order valence-electron chi connectivity index (χ3n) is 4.50. The number of benzene rings is 2. The van der Waals surface area contributed by atoms with E-state index in [4.69, 9.17) is 0 Å². The van der Waals surface area contributed by atoms with Crippen molar-refractivity contribution in [2.45, 2.75) is 38.5 Å². The summed E-state index contributed by atoms with van der Waals surface area (Å²) in [6, 6.07) is 11.6. The Hall–Kier alpha value is -2.51. The van der Waals surface area contributed by atoms with Crippen molar-refractivity contribution in [2.24, 2.45) is 0 Å². The molecule has 150 valence electrons. The van der Waals surface area contributed by atoms with Crippen LogP contribution in [-0.2, 0) is 14.8 Å². The summed E-state index contributed by atoms with van der Waals surface area (Å²) in [7, 11) is -2.18. The zero-order valence-corrected chi connectivity index (χ0v) is 17.5. The molecule has 0 radical (unpaired) electrons. The Balaban J connectivity index is 1.90. The zero-order chi connectivity index (χ0) is 20.9. The Bertz CT molecular complexity index is 966. The number of sulfonamides is 1. The second kappa shape index (κ2) is 9.12. The van der Waals surface area contributed by atoms with Gasteiger partial charge in [-0.05, 0) is 51.0 Å². The maximum atomic E-state index is 12.6. The van der Waals surface area contributed by atoms with Crippen LogP contribution < -0.4 is 5.32 Å². The number of nitrogens with zero attached hydrogens (tertiary/aromatic N) is 1. The Morgan fingerprint density at radius 2 is 1.68 bits per heavy atom. The average molecular weight is 403 g/mol. The van der Waals surface area contributed by atoms with Gasteiger partial charge < -0.3 is 5.32 Å². The van der Waals surface area contributed by atoms with Gasteiger partial charge in [0.05, 0.1) is 4.90 Å². The molecule has 0 aliphatic carbocycles. The van der Waals surface area contributed by atoms with Crippen LogP contribution >= 0.6 is 0 Å². The first-order chi connectivity index (χ1) is 13.1. The van der Waals surface area contributed by atoms with Crippen molar-refractivity contribution in [3.05, 3.63) is 59.2 Å². The van der Waals surface area contributed by atoms with Gasteiger partial charge in [-0.1, -0.05) is 29.8 Å². The highest BCUT2D eigenvalue weighted by atomic mass is 32.2. The van der Waals surface area contributed by atoms with Gasteiger partial charge in [0, 0.05) is 31.3 Å². The quantitative estimate of drug-likeness (QED) is 0.685. The fraction of sp³-hybridized carbons (Fsp3) is 0.333. The molecule has 0 aliphatic rings. The molecule has 0 saturated carbocycles. The molecule has 2 rings (SSSR count). The number of ketones is 1. The summed E-state index contributed by atoms with van der Waals surface area (Å²) in [4.78, 5) is 23.6. The molecule has 0 bridgehead atoms. The van der Waals surface area contributed by atoms with E-state index in [-0.39, 0.29) is 29.6 Å². The predicted molar refractivity (Wildman–Crippen MR) is 110 cm³/mol. The van der Waals surface area contributed by atoms with Crippen molar-refractivity contribution in [2.75, 3.05) is 18.9 Å². The third kappa shape index (κ3) is 5.50. The Kier molecular flexibility index (Phi) is 7.10. The summed E-state index contributed by atoms with van der Waals surface area (Å²) in [5.74, 6) is -0.268. The first kappa shape index (κ1) is 21.8. The molecule has 7 heteroatoms. The molecule has 0 aromatic heterocycles. The highest BCUT2D eigenvalue weighted by Gasteiger charge is 2.20. The van der Waals surface area contributed by atoms with Gasteiger partial charge in [-0.3, -0.25) is 9.59 Å². The molecular weight excluding hydrogens is 376 g/mol. The molecule has 28 heavy (non-hydrogen) atoms. The summed E-state index contributed by atoms with van der Waals surface area (Å²) in [5.41, 5.74) is 3.34. The van der Waals surface area contributed by atoms with Gasteiger partial charge >= 0.3 is 0 Å². The van der Waals surface area contributed by atoms with E-state index in [0.717, 1.165) is 16.8 Å². The Morgan fingerprint density at radius 3 is 2.25 bits per heavy atom. The van der Waals surface area contributed by atoms with E-state index < -0.39 is 10.0 Å². The molecule has 0 saturated heterocycles. The largest absolute Gasteiger partial charge is 0.326 e. The number of amides is 1. The number of rotatable bonds is 8. The van der Waals surface area contributed by atoms with E-state index in [1.54, 1.807) is 0 Å². The standard InChI is InChI=1S/C21H26N2O4S/c1-15-7-12-20(16(2)14-15)22-21(25)6-5-13-23(4)28(26,27)19-10-8-18(9-11-19)17(3)24/h7-12,14H,5-6,13H2,1-4H3,(H,22,25). The minimum atomic E-state index is -3.66. The van der Waals surface area contributed by atoms with Crippen molar-refractivity contribution >= 4 is 27.4 Å². The molecule has 0 aliphatic heterocycles. The average Bonchev–Trinajstić information content (AvgIpc) is 2.64. The first-order valence-electron chi connectivity index (χ1n) is 9.05. The van der Waals surface area contributed by atoms with Gasteiger partial charge in [0.2, 0.25) is 15.9 Å². The minimum Gasteiger partial charge on any atom is -0.326 e. The van der Waals surface area contributed by atoms with Crippen LogP contribution in [0, 0.1) is 13.8 Å². The van der Waals surface area contributed by atoms with Crippen molar-refractivity contribution in [3.63, 3.8) is 0 Å². The van der Waals surface area contributed by atoms with E-state index in [1.165, 1.54) is 42.5 Å². The van der Waals surface area contributed by atoms with Gasteiger partial charge in [-0.15, -0.1) is 0 Å². The molecule has 0 heterocycles. The van der Waals surface area contributed by atoms with Crippen molar-refractivity contribution < 1.29 is 18.0 Å². The van der Waals surface area contributed by atoms with Gasteiger partial charge in [0.25, 0.3) is 0 Å². The highest BCUT2D eigenvalue weighted by molar-refractivity contribution is 7.89. The summed E-state index contributed by atoms with van der Waals surface area (Å²) in [6.45, 7) is 5.57. The maximum Gasteiger partial charge on any atom is 0.242 e. The first-order valence-corrected chi connectivity index (χ1v) is 10.5. The van der Waals surface area contributed by atoms with Crippen molar-refractivity contribution in [1.82, 2.24) is 4.31 Å². The monoisotopic (exact) mass is 402 g/mol. The number of hydrogen-bond acceptors (Lipinski definition) is 4. The van der Waals surface area contributed by atoms with Crippen molar-refractivity contribution in [3.8, 4) is 0 Å². The zero-order valence-electron chi connectivity index (χ0n) is 16.7. The van der Waals surface area contributed by atoms with Gasteiger partial charge in [-0.2, -0.15) is 0 Å². The maximum absolute atomic E-state index is 12.6. The summed E-state index contributed by atoms with van der Waals surface area (Å²) in [6.07, 6.45) is 0.619. The lowest BCUT2D eigenvalue weighted by Gasteiger charge is -2.17. The molecule has 0 unspecified atom stereocenters.